The van der Waals surface area contributed by atoms with E-state index in [1.807, 2.05) is 122 Å². The van der Waals surface area contributed by atoms with E-state index in [9.17, 15) is 33.6 Å². The zero-order chi connectivity index (χ0) is 58.6. The van der Waals surface area contributed by atoms with Crippen molar-refractivity contribution in [3.63, 3.8) is 0 Å². The van der Waals surface area contributed by atoms with Crippen molar-refractivity contribution in [1.82, 2.24) is 14.7 Å². The second-order valence-corrected chi connectivity index (χ2v) is 24.9. The van der Waals surface area contributed by atoms with Gasteiger partial charge in [0, 0.05) is 104 Å². The predicted molar refractivity (Wildman–Crippen MR) is 314 cm³/mol. The third-order valence-corrected chi connectivity index (χ3v) is 14.4. The summed E-state index contributed by atoms with van der Waals surface area (Å²) in [4.78, 5) is 85.6. The molecule has 0 aromatic heterocycles. The molecular formula is C58H84Br3N5O11. The van der Waals surface area contributed by atoms with Crippen molar-refractivity contribution in [3.8, 4) is 0 Å². The predicted octanol–water partition coefficient (Wildman–Crippen LogP) is 13.5. The summed E-state index contributed by atoms with van der Waals surface area (Å²) in [6, 6.07) is 18.4. The van der Waals surface area contributed by atoms with Crippen LogP contribution in [0.25, 0.3) is 0 Å². The molecule has 0 aliphatic carbocycles. The van der Waals surface area contributed by atoms with Crippen LogP contribution >= 0.6 is 47.8 Å². The van der Waals surface area contributed by atoms with E-state index in [1.165, 1.54) is 30.5 Å². The number of esters is 2. The third kappa shape index (κ3) is 27.4. The third-order valence-electron chi connectivity index (χ3n) is 11.7. The second-order valence-electron chi connectivity index (χ2n) is 22.3. The van der Waals surface area contributed by atoms with E-state index in [-0.39, 0.29) is 36.0 Å². The van der Waals surface area contributed by atoms with Crippen molar-refractivity contribution in [2.24, 2.45) is 5.92 Å². The number of Topliss-reactive ketones (excluding diaryl/α,β-unsaturated/α-hetero) is 1. The number of halogens is 3. The fourth-order valence-corrected chi connectivity index (χ4v) is 8.75. The Kier molecular flexibility index (Phi) is 27.9. The normalized spacial score (nSPS) is 15.0. The topological polar surface area (TPSA) is 195 Å². The minimum Gasteiger partial charge on any atom is -0.444 e. The number of aryl methyl sites for hydroxylation is 3. The standard InChI is InChI=1S/C19H27BrN2O3.C18H26BrNO2.C10H17NO3.C7H8BrN.C4H6O3/c1-13-12-16(6-7-17(13)20)22(14(2)23)15-8-10-21(11-9-15)18(24)25-19(3,4)5;1-13-11-15(5-6-16(13)19)12-14-7-9-20(10-8-14)17(21)22-18(2,3)4;1-10(2,3)14-9(13)11-6-4-8(12)5-7-11;1-5-4-6(9)2-3-7(5)8;1-3(5)7-4(2)6/h6-7,12,15H,8-11H2,1-5H3;5-6,11,14H,7-10,12H2,1-4H3;4-7H2,1-3H3;2-4H,9H2,1H3;1-2H3. The molecule has 3 fully saturated rings. The molecule has 0 atom stereocenters. The SMILES string of the molecule is CC(=O)N(c1ccc(Br)c(C)c1)C1CCN(C(=O)OC(C)(C)C)CC1.CC(=O)OC(C)=O.CC(C)(C)OC(=O)N1CCC(=O)CC1.Cc1cc(CC2CCN(C(=O)OC(C)(C)C)CC2)ccc1Br.Cc1cc(N)ccc1Br. The van der Waals surface area contributed by atoms with Gasteiger partial charge in [-0.2, -0.15) is 0 Å². The summed E-state index contributed by atoms with van der Waals surface area (Å²) in [6.45, 7) is 30.7. The van der Waals surface area contributed by atoms with Crippen LogP contribution in [0.1, 0.15) is 144 Å². The van der Waals surface area contributed by atoms with Crippen LogP contribution in [0.15, 0.2) is 68.0 Å². The Morgan fingerprint density at radius 2 is 0.935 bits per heavy atom. The van der Waals surface area contributed by atoms with Gasteiger partial charge in [0.1, 0.15) is 22.6 Å². The van der Waals surface area contributed by atoms with Crippen molar-refractivity contribution in [2.75, 3.05) is 49.9 Å². The highest BCUT2D eigenvalue weighted by atomic mass is 79.9. The van der Waals surface area contributed by atoms with Gasteiger partial charge in [0.05, 0.1) is 0 Å². The number of benzene rings is 3. The van der Waals surface area contributed by atoms with Crippen molar-refractivity contribution in [1.29, 1.82) is 0 Å². The number of ketones is 1. The zero-order valence-corrected chi connectivity index (χ0v) is 52.8. The lowest BCUT2D eigenvalue weighted by atomic mass is 9.90. The number of carbonyl (C=O) groups is 7. The van der Waals surface area contributed by atoms with Crippen molar-refractivity contribution >= 4 is 101 Å². The van der Waals surface area contributed by atoms with Gasteiger partial charge in [0.2, 0.25) is 5.91 Å². The number of ether oxygens (including phenoxy) is 4. The number of hydrogen-bond acceptors (Lipinski definition) is 12. The number of piperidine rings is 3. The molecule has 0 saturated carbocycles. The molecule has 3 saturated heterocycles. The maximum absolute atomic E-state index is 12.3. The van der Waals surface area contributed by atoms with Crippen LogP contribution in [0.5, 0.6) is 0 Å². The van der Waals surface area contributed by atoms with E-state index >= 15 is 0 Å². The first kappa shape index (κ1) is 68.1. The molecule has 3 aliphatic heterocycles. The molecular weight excluding hydrogens is 1180 g/mol. The number of nitrogens with zero attached hydrogens (tertiary/aromatic N) is 4. The Bertz CT molecular complexity index is 2450. The first-order valence-corrected chi connectivity index (χ1v) is 28.4. The van der Waals surface area contributed by atoms with E-state index in [1.54, 1.807) is 16.7 Å². The Hall–Kier alpha value is -5.01. The van der Waals surface area contributed by atoms with Crippen LogP contribution in [0, 0.1) is 26.7 Å². The number of anilines is 2. The summed E-state index contributed by atoms with van der Waals surface area (Å²) < 4.78 is 23.3. The molecule has 19 heteroatoms. The summed E-state index contributed by atoms with van der Waals surface area (Å²) in [5.74, 6) is -0.221. The van der Waals surface area contributed by atoms with Crippen LogP contribution in [-0.4, -0.2) is 119 Å². The Morgan fingerprint density at radius 3 is 1.29 bits per heavy atom. The number of rotatable bonds is 4. The maximum Gasteiger partial charge on any atom is 0.410 e. The number of likely N-dealkylation sites (tertiary alicyclic amines) is 3. The van der Waals surface area contributed by atoms with E-state index in [2.05, 4.69) is 77.6 Å². The lowest BCUT2D eigenvalue weighted by molar-refractivity contribution is -0.156. The molecule has 3 heterocycles. The molecule has 0 bridgehead atoms. The second kappa shape index (κ2) is 31.5. The van der Waals surface area contributed by atoms with Crippen molar-refractivity contribution < 1.29 is 52.5 Å². The average molecular weight is 1270 g/mol. The number of hydrogen-bond donors (Lipinski definition) is 1. The maximum atomic E-state index is 12.3. The molecule has 2 N–H and O–H groups in total. The van der Waals surface area contributed by atoms with E-state index in [0.29, 0.717) is 44.9 Å². The van der Waals surface area contributed by atoms with E-state index in [0.717, 1.165) is 75.6 Å². The number of amides is 4. The number of nitrogens with two attached hydrogens (primary N) is 1. The molecule has 0 unspecified atom stereocenters. The average Bonchev–Trinajstić information content (AvgIpc) is 3.29. The van der Waals surface area contributed by atoms with Crippen LogP contribution in [-0.2, 0) is 44.5 Å². The summed E-state index contributed by atoms with van der Waals surface area (Å²) in [5.41, 5.74) is 10.8. The quantitative estimate of drug-likeness (QED) is 0.113. The van der Waals surface area contributed by atoms with Crippen LogP contribution in [0.4, 0.5) is 25.8 Å². The molecule has 77 heavy (non-hydrogen) atoms. The van der Waals surface area contributed by atoms with Crippen molar-refractivity contribution in [2.45, 2.75) is 172 Å². The van der Waals surface area contributed by atoms with Crippen LogP contribution in [0.3, 0.4) is 0 Å². The van der Waals surface area contributed by atoms with Gasteiger partial charge < -0.3 is 44.3 Å². The van der Waals surface area contributed by atoms with Gasteiger partial charge in [0.25, 0.3) is 0 Å². The molecule has 4 amide bonds. The summed E-state index contributed by atoms with van der Waals surface area (Å²) >= 11 is 10.4. The van der Waals surface area contributed by atoms with E-state index < -0.39 is 28.7 Å². The van der Waals surface area contributed by atoms with Crippen molar-refractivity contribution in [3.05, 3.63) is 90.3 Å². The lowest BCUT2D eigenvalue weighted by Crippen LogP contribution is -2.49. The minimum atomic E-state index is -0.562. The molecule has 0 spiro atoms. The highest BCUT2D eigenvalue weighted by Gasteiger charge is 2.32. The fraction of sp³-hybridized carbons (Fsp3) is 0.569. The molecule has 428 valence electrons. The van der Waals surface area contributed by atoms with Crippen LogP contribution < -0.4 is 10.6 Å². The Labute approximate surface area is 483 Å². The highest BCUT2D eigenvalue weighted by molar-refractivity contribution is 9.11. The summed E-state index contributed by atoms with van der Waals surface area (Å²) in [7, 11) is 0. The number of nitrogen functional groups attached to an aromatic ring is 1. The molecule has 0 radical (unpaired) electrons. The highest BCUT2D eigenvalue weighted by Crippen LogP contribution is 2.29. The molecule has 3 aromatic rings. The first-order chi connectivity index (χ1) is 35.5. The number of carbonyl (C=O) groups excluding carboxylic acids is 7. The summed E-state index contributed by atoms with van der Waals surface area (Å²) in [6.07, 6.45) is 4.83. The molecule has 6 rings (SSSR count). The molecule has 16 nitrogen and oxygen atoms in total. The summed E-state index contributed by atoms with van der Waals surface area (Å²) in [5, 5.41) is 0. The van der Waals surface area contributed by atoms with E-state index in [4.69, 9.17) is 19.9 Å². The van der Waals surface area contributed by atoms with Gasteiger partial charge in [0.15, 0.2) is 0 Å². The van der Waals surface area contributed by atoms with Gasteiger partial charge >= 0.3 is 30.2 Å². The first-order valence-electron chi connectivity index (χ1n) is 26.0. The Morgan fingerprint density at radius 1 is 0.558 bits per heavy atom. The van der Waals surface area contributed by atoms with Gasteiger partial charge in [-0.25, -0.2) is 14.4 Å². The van der Waals surface area contributed by atoms with Crippen LogP contribution in [0.2, 0.25) is 0 Å². The van der Waals surface area contributed by atoms with Gasteiger partial charge in [-0.3, -0.25) is 19.2 Å². The largest absolute Gasteiger partial charge is 0.444 e. The molecule has 3 aliphatic rings. The Balaban J connectivity index is 0.000000353. The lowest BCUT2D eigenvalue weighted by Gasteiger charge is -2.38. The van der Waals surface area contributed by atoms with Gasteiger partial charge in [-0.1, -0.05) is 59.9 Å². The van der Waals surface area contributed by atoms with Gasteiger partial charge in [-0.15, -0.1) is 0 Å². The zero-order valence-electron chi connectivity index (χ0n) is 48.0. The van der Waals surface area contributed by atoms with Gasteiger partial charge in [-0.05, 0) is 186 Å². The molecule has 3 aromatic carbocycles. The fourth-order valence-electron chi connectivity index (χ4n) is 8.01. The smallest absolute Gasteiger partial charge is 0.410 e. The monoisotopic (exact) mass is 1260 g/mol. The minimum absolute atomic E-state index is 0.0254.